The monoisotopic (exact) mass is 258 g/mol. The fourth-order valence-corrected chi connectivity index (χ4v) is 2.70. The summed E-state index contributed by atoms with van der Waals surface area (Å²) in [7, 11) is 0. The van der Waals surface area contributed by atoms with Gasteiger partial charge >= 0.3 is 0 Å². The van der Waals surface area contributed by atoms with Crippen molar-refractivity contribution in [2.24, 2.45) is 4.99 Å². The molecule has 2 rings (SSSR count). The minimum absolute atomic E-state index is 0.805. The Labute approximate surface area is 112 Å². The van der Waals surface area contributed by atoms with Crippen LogP contribution in [0.25, 0.3) is 0 Å². The zero-order valence-corrected chi connectivity index (χ0v) is 11.9. The number of benzene rings is 1. The van der Waals surface area contributed by atoms with Crippen molar-refractivity contribution in [2.75, 3.05) is 0 Å². The molecule has 0 saturated heterocycles. The third-order valence-electron chi connectivity index (χ3n) is 2.88. The molecule has 1 aromatic heterocycles. The minimum Gasteiger partial charge on any atom is -0.317 e. The maximum Gasteiger partial charge on any atom is 0.190 e. The number of aromatic nitrogens is 1. The van der Waals surface area contributed by atoms with Gasteiger partial charge in [0, 0.05) is 17.6 Å². The molecule has 1 aromatic carbocycles. The molecule has 0 bridgehead atoms. The van der Waals surface area contributed by atoms with Crippen LogP contribution in [0.15, 0.2) is 41.2 Å². The van der Waals surface area contributed by atoms with Gasteiger partial charge in [0.25, 0.3) is 0 Å². The summed E-state index contributed by atoms with van der Waals surface area (Å²) >= 11 is 1.67. The first-order valence-electron chi connectivity index (χ1n) is 5.99. The maximum absolute atomic E-state index is 4.77. The van der Waals surface area contributed by atoms with E-state index in [1.165, 1.54) is 16.8 Å². The van der Waals surface area contributed by atoms with Crippen molar-refractivity contribution < 1.29 is 0 Å². The summed E-state index contributed by atoms with van der Waals surface area (Å²) in [4.78, 5) is 5.80. The van der Waals surface area contributed by atoms with Gasteiger partial charge < -0.3 is 4.57 Å². The zero-order valence-electron chi connectivity index (χ0n) is 11.1. The fraction of sp³-hybridized carbons (Fsp3) is 0.267. The van der Waals surface area contributed by atoms with Crippen LogP contribution in [0.3, 0.4) is 0 Å². The summed E-state index contributed by atoms with van der Waals surface area (Å²) < 4.78 is 2.18. The Bertz CT molecular complexity index is 632. The molecule has 0 amide bonds. The number of rotatable bonds is 3. The van der Waals surface area contributed by atoms with Gasteiger partial charge in [-0.05, 0) is 38.0 Å². The van der Waals surface area contributed by atoms with Crippen LogP contribution in [0.1, 0.15) is 16.8 Å². The molecule has 0 spiro atoms. The number of allylic oxidation sites excluding steroid dienone is 1. The Kier molecular flexibility index (Phi) is 3.82. The highest BCUT2D eigenvalue weighted by atomic mass is 32.1. The summed E-state index contributed by atoms with van der Waals surface area (Å²) in [6.07, 6.45) is 1.90. The lowest BCUT2D eigenvalue weighted by Crippen LogP contribution is -2.14. The van der Waals surface area contributed by atoms with Gasteiger partial charge in [0.2, 0.25) is 0 Å². The smallest absolute Gasteiger partial charge is 0.190 e. The molecule has 0 radical (unpaired) electrons. The van der Waals surface area contributed by atoms with E-state index >= 15 is 0 Å². The normalized spacial score (nSPS) is 11.8. The Morgan fingerprint density at radius 1 is 1.33 bits per heavy atom. The molecular formula is C15H18N2S. The van der Waals surface area contributed by atoms with E-state index in [1.54, 1.807) is 11.3 Å². The average Bonchev–Trinajstić information content (AvgIpc) is 2.67. The van der Waals surface area contributed by atoms with E-state index in [2.05, 4.69) is 55.5 Å². The lowest BCUT2D eigenvalue weighted by atomic mass is 10.1. The SMILES string of the molecule is C=CCn1c(C)csc1=Nc1cc(C)ccc1C. The van der Waals surface area contributed by atoms with Crippen LogP contribution in [-0.4, -0.2) is 4.57 Å². The van der Waals surface area contributed by atoms with Gasteiger partial charge in [-0.2, -0.15) is 0 Å². The Balaban J connectivity index is 2.56. The molecule has 0 aliphatic rings. The quantitative estimate of drug-likeness (QED) is 0.743. The van der Waals surface area contributed by atoms with Crippen molar-refractivity contribution in [2.45, 2.75) is 27.3 Å². The average molecular weight is 258 g/mol. The Morgan fingerprint density at radius 3 is 2.83 bits per heavy atom. The second-order valence-corrected chi connectivity index (χ2v) is 5.30. The van der Waals surface area contributed by atoms with E-state index in [1.807, 2.05) is 6.08 Å². The molecule has 2 aromatic rings. The largest absolute Gasteiger partial charge is 0.317 e. The number of nitrogens with zero attached hydrogens (tertiary/aromatic N) is 2. The van der Waals surface area contributed by atoms with E-state index in [-0.39, 0.29) is 0 Å². The Hall–Kier alpha value is -1.61. The van der Waals surface area contributed by atoms with Gasteiger partial charge in [0.15, 0.2) is 4.80 Å². The molecule has 1 heterocycles. The highest BCUT2D eigenvalue weighted by molar-refractivity contribution is 7.07. The summed E-state index contributed by atoms with van der Waals surface area (Å²) in [6.45, 7) is 10.9. The number of thiazole rings is 1. The fourth-order valence-electron chi connectivity index (χ4n) is 1.80. The van der Waals surface area contributed by atoms with E-state index in [4.69, 9.17) is 4.99 Å². The molecule has 18 heavy (non-hydrogen) atoms. The predicted molar refractivity (Wildman–Crippen MR) is 78.4 cm³/mol. The van der Waals surface area contributed by atoms with Crippen molar-refractivity contribution in [3.05, 3.63) is 57.9 Å². The van der Waals surface area contributed by atoms with E-state index < -0.39 is 0 Å². The summed E-state index contributed by atoms with van der Waals surface area (Å²) in [5.41, 5.74) is 4.72. The van der Waals surface area contributed by atoms with E-state index in [0.717, 1.165) is 17.0 Å². The zero-order chi connectivity index (χ0) is 13.1. The van der Waals surface area contributed by atoms with Crippen molar-refractivity contribution in [3.63, 3.8) is 0 Å². The molecule has 3 heteroatoms. The van der Waals surface area contributed by atoms with Crippen LogP contribution in [0, 0.1) is 20.8 Å². The maximum atomic E-state index is 4.77. The van der Waals surface area contributed by atoms with Crippen molar-refractivity contribution in [1.82, 2.24) is 4.57 Å². The first-order valence-corrected chi connectivity index (χ1v) is 6.87. The van der Waals surface area contributed by atoms with Crippen molar-refractivity contribution in [3.8, 4) is 0 Å². The van der Waals surface area contributed by atoms with Gasteiger partial charge in [0.05, 0.1) is 5.69 Å². The van der Waals surface area contributed by atoms with E-state index in [0.29, 0.717) is 0 Å². The molecule has 2 nitrogen and oxygen atoms in total. The van der Waals surface area contributed by atoms with Crippen molar-refractivity contribution in [1.29, 1.82) is 0 Å². The first-order chi connectivity index (χ1) is 8.61. The molecule has 0 aliphatic heterocycles. The predicted octanol–water partition coefficient (Wildman–Crippen LogP) is 3.89. The van der Waals surface area contributed by atoms with E-state index in [9.17, 15) is 0 Å². The second kappa shape index (κ2) is 5.36. The summed E-state index contributed by atoms with van der Waals surface area (Å²) in [5.74, 6) is 0. The number of hydrogen-bond donors (Lipinski definition) is 0. The molecule has 0 atom stereocenters. The lowest BCUT2D eigenvalue weighted by molar-refractivity contribution is 0.761. The molecule has 0 saturated carbocycles. The minimum atomic E-state index is 0.805. The molecule has 0 aliphatic carbocycles. The van der Waals surface area contributed by atoms with Gasteiger partial charge in [-0.15, -0.1) is 17.9 Å². The first kappa shape index (κ1) is 12.8. The van der Waals surface area contributed by atoms with Crippen LogP contribution in [0.5, 0.6) is 0 Å². The Morgan fingerprint density at radius 2 is 2.11 bits per heavy atom. The standard InChI is InChI=1S/C15H18N2S/c1-5-8-17-13(4)10-18-15(17)16-14-9-11(2)6-7-12(14)3/h5-7,9-10H,1,8H2,2-4H3. The van der Waals surface area contributed by atoms with Gasteiger partial charge in [0.1, 0.15) is 0 Å². The lowest BCUT2D eigenvalue weighted by Gasteiger charge is -2.03. The molecule has 0 fully saturated rings. The van der Waals surface area contributed by atoms with Crippen LogP contribution in [0.2, 0.25) is 0 Å². The van der Waals surface area contributed by atoms with Crippen LogP contribution in [-0.2, 0) is 6.54 Å². The van der Waals surface area contributed by atoms with Crippen molar-refractivity contribution >= 4 is 17.0 Å². The highest BCUT2D eigenvalue weighted by Crippen LogP contribution is 2.19. The number of aryl methyl sites for hydroxylation is 3. The highest BCUT2D eigenvalue weighted by Gasteiger charge is 2.01. The molecule has 0 unspecified atom stereocenters. The van der Waals surface area contributed by atoms with Crippen LogP contribution < -0.4 is 4.80 Å². The molecule has 0 N–H and O–H groups in total. The topological polar surface area (TPSA) is 17.3 Å². The van der Waals surface area contributed by atoms with Gasteiger partial charge in [-0.1, -0.05) is 18.2 Å². The summed E-state index contributed by atoms with van der Waals surface area (Å²) in [5, 5.41) is 2.13. The van der Waals surface area contributed by atoms with Gasteiger partial charge in [-0.3, -0.25) is 0 Å². The summed E-state index contributed by atoms with van der Waals surface area (Å²) in [6, 6.07) is 6.36. The third-order valence-corrected chi connectivity index (χ3v) is 3.87. The molecule has 94 valence electrons. The number of hydrogen-bond acceptors (Lipinski definition) is 2. The van der Waals surface area contributed by atoms with Gasteiger partial charge in [-0.25, -0.2) is 4.99 Å². The molecular weight excluding hydrogens is 240 g/mol. The van der Waals surface area contributed by atoms with Crippen LogP contribution in [0.4, 0.5) is 5.69 Å². The second-order valence-electron chi connectivity index (χ2n) is 4.46. The third kappa shape index (κ3) is 2.62. The van der Waals surface area contributed by atoms with Crippen LogP contribution >= 0.6 is 11.3 Å².